The molecule has 6 nitrogen and oxygen atoms in total. The molecule has 2 aromatic heterocycles. The standard InChI is InChI=1S/C13H12N2O4S/c16-12(17)7-3-1-5-15-10(7)9(13(18)19)14-11(15)8-4-2-6-20-8/h2,4,6-7H,1,3,5H2,(H,16,17)(H,18,19). The number of carboxylic acid groups (broad SMARTS) is 2. The van der Waals surface area contributed by atoms with E-state index in [0.717, 1.165) is 4.88 Å². The van der Waals surface area contributed by atoms with Gasteiger partial charge in [-0.3, -0.25) is 4.79 Å². The van der Waals surface area contributed by atoms with E-state index in [1.165, 1.54) is 11.3 Å². The van der Waals surface area contributed by atoms with Gasteiger partial charge < -0.3 is 14.8 Å². The van der Waals surface area contributed by atoms with Crippen LogP contribution < -0.4 is 0 Å². The Bertz CT molecular complexity index is 675. The van der Waals surface area contributed by atoms with Gasteiger partial charge in [-0.05, 0) is 24.3 Å². The predicted molar refractivity (Wildman–Crippen MR) is 72.1 cm³/mol. The molecule has 1 aliphatic heterocycles. The maximum absolute atomic E-state index is 11.4. The van der Waals surface area contributed by atoms with Crippen molar-refractivity contribution in [2.24, 2.45) is 0 Å². The van der Waals surface area contributed by atoms with Gasteiger partial charge in [0.1, 0.15) is 0 Å². The van der Waals surface area contributed by atoms with Crippen molar-refractivity contribution in [3.63, 3.8) is 0 Å². The van der Waals surface area contributed by atoms with Crippen molar-refractivity contribution in [2.45, 2.75) is 25.3 Å². The smallest absolute Gasteiger partial charge is 0.356 e. The van der Waals surface area contributed by atoms with Gasteiger partial charge in [0, 0.05) is 6.54 Å². The molecule has 0 aliphatic carbocycles. The van der Waals surface area contributed by atoms with Crippen LogP contribution in [0.1, 0.15) is 34.9 Å². The second-order valence-corrected chi connectivity index (χ2v) is 5.58. The Kier molecular flexibility index (Phi) is 3.06. The largest absolute Gasteiger partial charge is 0.481 e. The first-order valence-electron chi connectivity index (χ1n) is 6.20. The Morgan fingerprint density at radius 1 is 1.40 bits per heavy atom. The van der Waals surface area contributed by atoms with Gasteiger partial charge in [0.25, 0.3) is 0 Å². The summed E-state index contributed by atoms with van der Waals surface area (Å²) in [4.78, 5) is 27.7. The van der Waals surface area contributed by atoms with Crippen molar-refractivity contribution >= 4 is 23.3 Å². The molecule has 1 aliphatic rings. The molecule has 20 heavy (non-hydrogen) atoms. The maximum Gasteiger partial charge on any atom is 0.356 e. The van der Waals surface area contributed by atoms with Crippen LogP contribution in [0.15, 0.2) is 17.5 Å². The summed E-state index contributed by atoms with van der Waals surface area (Å²) in [6, 6.07) is 3.72. The fourth-order valence-corrected chi connectivity index (χ4v) is 3.35. The molecule has 2 aromatic rings. The summed E-state index contributed by atoms with van der Waals surface area (Å²) in [7, 11) is 0. The van der Waals surface area contributed by atoms with E-state index in [0.29, 0.717) is 30.9 Å². The van der Waals surface area contributed by atoms with Crippen LogP contribution in [0.5, 0.6) is 0 Å². The van der Waals surface area contributed by atoms with E-state index < -0.39 is 17.9 Å². The van der Waals surface area contributed by atoms with Crippen LogP contribution in [0.4, 0.5) is 0 Å². The van der Waals surface area contributed by atoms with Gasteiger partial charge in [0.2, 0.25) is 0 Å². The van der Waals surface area contributed by atoms with E-state index in [1.54, 1.807) is 4.57 Å². The third kappa shape index (κ3) is 1.90. The molecule has 0 bridgehead atoms. The highest BCUT2D eigenvalue weighted by molar-refractivity contribution is 7.13. The number of rotatable bonds is 3. The maximum atomic E-state index is 11.4. The predicted octanol–water partition coefficient (Wildman–Crippen LogP) is 2.27. The quantitative estimate of drug-likeness (QED) is 0.905. The second-order valence-electron chi connectivity index (χ2n) is 4.64. The van der Waals surface area contributed by atoms with Crippen molar-refractivity contribution in [1.82, 2.24) is 9.55 Å². The summed E-state index contributed by atoms with van der Waals surface area (Å²) in [6.45, 7) is 0.604. The summed E-state index contributed by atoms with van der Waals surface area (Å²) in [5.74, 6) is -2.41. The summed E-state index contributed by atoms with van der Waals surface area (Å²) in [5, 5.41) is 20.5. The fraction of sp³-hybridized carbons (Fsp3) is 0.308. The molecule has 0 fully saturated rings. The number of aromatic carboxylic acids is 1. The lowest BCUT2D eigenvalue weighted by atomic mass is 9.94. The van der Waals surface area contributed by atoms with Gasteiger partial charge in [0.15, 0.2) is 11.5 Å². The van der Waals surface area contributed by atoms with Crippen LogP contribution in [0, 0.1) is 0 Å². The van der Waals surface area contributed by atoms with Gasteiger partial charge in [-0.1, -0.05) is 6.07 Å². The van der Waals surface area contributed by atoms with Crippen molar-refractivity contribution in [2.75, 3.05) is 0 Å². The molecular formula is C13H12N2O4S. The van der Waals surface area contributed by atoms with Crippen LogP contribution in [0.2, 0.25) is 0 Å². The molecule has 3 heterocycles. The molecular weight excluding hydrogens is 280 g/mol. The Labute approximate surface area is 118 Å². The first-order chi connectivity index (χ1) is 9.59. The minimum absolute atomic E-state index is 0.138. The average molecular weight is 292 g/mol. The monoisotopic (exact) mass is 292 g/mol. The highest BCUT2D eigenvalue weighted by Gasteiger charge is 2.35. The van der Waals surface area contributed by atoms with Gasteiger partial charge in [-0.25, -0.2) is 9.78 Å². The number of aliphatic carboxylic acids is 1. The zero-order chi connectivity index (χ0) is 14.3. The average Bonchev–Trinajstić information content (AvgIpc) is 3.04. The summed E-state index contributed by atoms with van der Waals surface area (Å²) in [5.41, 5.74) is 0.181. The normalized spacial score (nSPS) is 17.7. The van der Waals surface area contributed by atoms with E-state index >= 15 is 0 Å². The molecule has 0 saturated carbocycles. The minimum atomic E-state index is -1.18. The molecule has 0 aromatic carbocycles. The number of nitrogens with zero attached hydrogens (tertiary/aromatic N) is 2. The SMILES string of the molecule is O=C(O)c1nc(-c2cccs2)n2c1C(C(=O)O)CCC2. The highest BCUT2D eigenvalue weighted by Crippen LogP contribution is 2.36. The van der Waals surface area contributed by atoms with Crippen molar-refractivity contribution < 1.29 is 19.8 Å². The van der Waals surface area contributed by atoms with Crippen LogP contribution >= 0.6 is 11.3 Å². The molecule has 1 unspecified atom stereocenters. The van der Waals surface area contributed by atoms with E-state index in [1.807, 2.05) is 17.5 Å². The van der Waals surface area contributed by atoms with Crippen molar-refractivity contribution in [1.29, 1.82) is 0 Å². The topological polar surface area (TPSA) is 92.4 Å². The van der Waals surface area contributed by atoms with E-state index in [4.69, 9.17) is 0 Å². The Morgan fingerprint density at radius 2 is 2.20 bits per heavy atom. The highest BCUT2D eigenvalue weighted by atomic mass is 32.1. The van der Waals surface area contributed by atoms with Crippen LogP contribution in [0.3, 0.4) is 0 Å². The fourth-order valence-electron chi connectivity index (χ4n) is 2.63. The van der Waals surface area contributed by atoms with Gasteiger partial charge in [-0.2, -0.15) is 0 Å². The van der Waals surface area contributed by atoms with Gasteiger partial charge >= 0.3 is 11.9 Å². The van der Waals surface area contributed by atoms with Crippen LogP contribution in [-0.2, 0) is 11.3 Å². The molecule has 1 atom stereocenters. The molecule has 3 rings (SSSR count). The summed E-state index contributed by atoms with van der Waals surface area (Å²) in [6.07, 6.45) is 1.16. The number of carbonyl (C=O) groups is 2. The molecule has 7 heteroatoms. The lowest BCUT2D eigenvalue weighted by Crippen LogP contribution is -2.24. The molecule has 0 amide bonds. The lowest BCUT2D eigenvalue weighted by Gasteiger charge is -2.22. The molecule has 0 spiro atoms. The molecule has 104 valence electrons. The molecule has 2 N–H and O–H groups in total. The van der Waals surface area contributed by atoms with E-state index in [-0.39, 0.29) is 5.69 Å². The zero-order valence-corrected chi connectivity index (χ0v) is 11.3. The zero-order valence-electron chi connectivity index (χ0n) is 10.4. The van der Waals surface area contributed by atoms with Crippen molar-refractivity contribution in [3.8, 4) is 10.7 Å². The third-order valence-electron chi connectivity index (χ3n) is 3.45. The Hall–Kier alpha value is -2.15. The van der Waals surface area contributed by atoms with Gasteiger partial charge in [-0.15, -0.1) is 11.3 Å². The second kappa shape index (κ2) is 4.75. The first kappa shape index (κ1) is 12.9. The number of fused-ring (bicyclic) bond motifs is 1. The minimum Gasteiger partial charge on any atom is -0.481 e. The number of hydrogen-bond donors (Lipinski definition) is 2. The third-order valence-corrected chi connectivity index (χ3v) is 4.32. The summed E-state index contributed by atoms with van der Waals surface area (Å²) >= 11 is 1.46. The summed E-state index contributed by atoms with van der Waals surface area (Å²) < 4.78 is 1.75. The van der Waals surface area contributed by atoms with Gasteiger partial charge in [0.05, 0.1) is 16.5 Å². The number of thiophene rings is 1. The molecule has 0 saturated heterocycles. The molecule has 0 radical (unpaired) electrons. The number of imidazole rings is 1. The number of hydrogen-bond acceptors (Lipinski definition) is 4. The van der Waals surface area contributed by atoms with Crippen LogP contribution in [0.25, 0.3) is 10.7 Å². The Morgan fingerprint density at radius 3 is 2.80 bits per heavy atom. The van der Waals surface area contributed by atoms with E-state index in [9.17, 15) is 19.8 Å². The Balaban J connectivity index is 2.23. The lowest BCUT2D eigenvalue weighted by molar-refractivity contribution is -0.139. The number of aromatic nitrogens is 2. The van der Waals surface area contributed by atoms with Crippen molar-refractivity contribution in [3.05, 3.63) is 28.9 Å². The van der Waals surface area contributed by atoms with E-state index in [2.05, 4.69) is 4.98 Å². The first-order valence-corrected chi connectivity index (χ1v) is 7.08. The number of carboxylic acids is 2. The van der Waals surface area contributed by atoms with Crippen LogP contribution in [-0.4, -0.2) is 31.7 Å².